The quantitative estimate of drug-likeness (QED) is 0.668. The predicted molar refractivity (Wildman–Crippen MR) is 50.8 cm³/mol. The van der Waals surface area contributed by atoms with Gasteiger partial charge in [-0.05, 0) is 12.1 Å². The summed E-state index contributed by atoms with van der Waals surface area (Å²) in [5.74, 6) is 2.98. The number of ether oxygens (including phenoxy) is 1. The van der Waals surface area contributed by atoms with Gasteiger partial charge in [-0.1, -0.05) is 29.1 Å². The van der Waals surface area contributed by atoms with Crippen LogP contribution in [0.25, 0.3) is 0 Å². The van der Waals surface area contributed by atoms with Gasteiger partial charge in [0.15, 0.2) is 0 Å². The molecule has 62 valence electrons. The molecule has 12 heavy (non-hydrogen) atoms. The van der Waals surface area contributed by atoms with Crippen molar-refractivity contribution in [1.29, 1.82) is 0 Å². The van der Waals surface area contributed by atoms with Gasteiger partial charge in [-0.3, -0.25) is 0 Å². The summed E-state index contributed by atoms with van der Waals surface area (Å²) in [4.78, 5) is 0. The van der Waals surface area contributed by atoms with Crippen LogP contribution in [0.4, 0.5) is 0 Å². The van der Waals surface area contributed by atoms with Crippen LogP contribution < -0.4 is 4.74 Å². The van der Waals surface area contributed by atoms with Crippen molar-refractivity contribution in [3.63, 3.8) is 0 Å². The first-order valence-corrected chi connectivity index (χ1v) is 4.01. The van der Waals surface area contributed by atoms with Crippen molar-refractivity contribution in [3.8, 4) is 18.1 Å². The lowest BCUT2D eigenvalue weighted by Crippen LogP contribution is -1.92. The van der Waals surface area contributed by atoms with E-state index in [1.54, 1.807) is 18.2 Å². The van der Waals surface area contributed by atoms with Gasteiger partial charge in [0, 0.05) is 6.07 Å². The van der Waals surface area contributed by atoms with Crippen molar-refractivity contribution >= 4 is 23.2 Å². The first-order chi connectivity index (χ1) is 5.74. The highest BCUT2D eigenvalue weighted by Gasteiger charge is 1.98. The molecule has 1 aromatic carbocycles. The molecule has 0 aromatic heterocycles. The average molecular weight is 201 g/mol. The molecule has 0 aliphatic rings. The van der Waals surface area contributed by atoms with E-state index in [0.29, 0.717) is 15.8 Å². The number of terminal acetylenes is 1. The number of halogens is 2. The molecule has 0 radical (unpaired) electrons. The number of hydrogen-bond acceptors (Lipinski definition) is 1. The van der Waals surface area contributed by atoms with Gasteiger partial charge in [-0.25, -0.2) is 0 Å². The molecule has 0 amide bonds. The first-order valence-electron chi connectivity index (χ1n) is 3.25. The third kappa shape index (κ3) is 2.34. The molecule has 0 aliphatic carbocycles. The molecular formula is C9H6Cl2O. The zero-order valence-electron chi connectivity index (χ0n) is 6.18. The SMILES string of the molecule is C#CCOc1ccc(Cl)c(Cl)c1. The molecule has 3 heteroatoms. The third-order valence-corrected chi connectivity index (χ3v) is 1.95. The Balaban J connectivity index is 2.77. The van der Waals surface area contributed by atoms with E-state index < -0.39 is 0 Å². The van der Waals surface area contributed by atoms with E-state index in [9.17, 15) is 0 Å². The summed E-state index contributed by atoms with van der Waals surface area (Å²) in [6.45, 7) is 0.234. The highest BCUT2D eigenvalue weighted by molar-refractivity contribution is 6.42. The predicted octanol–water partition coefficient (Wildman–Crippen LogP) is 3.01. The fourth-order valence-corrected chi connectivity index (χ4v) is 0.980. The Labute approximate surface area is 81.2 Å². The highest BCUT2D eigenvalue weighted by atomic mass is 35.5. The summed E-state index contributed by atoms with van der Waals surface area (Å²) in [6, 6.07) is 5.00. The third-order valence-electron chi connectivity index (χ3n) is 1.21. The number of benzene rings is 1. The summed E-state index contributed by atoms with van der Waals surface area (Å²) < 4.78 is 5.11. The summed E-state index contributed by atoms with van der Waals surface area (Å²) in [6.07, 6.45) is 5.01. The van der Waals surface area contributed by atoms with Crippen LogP contribution >= 0.6 is 23.2 Å². The van der Waals surface area contributed by atoms with Crippen LogP contribution in [-0.4, -0.2) is 6.61 Å². The second-order valence-electron chi connectivity index (χ2n) is 2.07. The van der Waals surface area contributed by atoms with Crippen LogP contribution in [0, 0.1) is 12.3 Å². The van der Waals surface area contributed by atoms with Crippen molar-refractivity contribution in [2.75, 3.05) is 6.61 Å². The molecule has 0 saturated carbocycles. The van der Waals surface area contributed by atoms with Crippen LogP contribution in [0.15, 0.2) is 18.2 Å². The number of rotatable bonds is 2. The summed E-state index contributed by atoms with van der Waals surface area (Å²) in [7, 11) is 0. The topological polar surface area (TPSA) is 9.23 Å². The molecule has 0 N–H and O–H groups in total. The molecule has 0 atom stereocenters. The Morgan fingerprint density at radius 2 is 2.08 bits per heavy atom. The maximum atomic E-state index is 5.73. The lowest BCUT2D eigenvalue weighted by molar-refractivity contribution is 0.370. The molecular weight excluding hydrogens is 195 g/mol. The average Bonchev–Trinajstić information content (AvgIpc) is 2.07. The smallest absolute Gasteiger partial charge is 0.148 e. The number of hydrogen-bond donors (Lipinski definition) is 0. The standard InChI is InChI=1S/C9H6Cl2O/c1-2-5-12-7-3-4-8(10)9(11)6-7/h1,3-4,6H,5H2. The fourth-order valence-electron chi connectivity index (χ4n) is 0.692. The summed E-state index contributed by atoms with van der Waals surface area (Å²) >= 11 is 11.4. The molecule has 1 rings (SSSR count). The molecule has 0 spiro atoms. The zero-order chi connectivity index (χ0) is 8.97. The monoisotopic (exact) mass is 200 g/mol. The van der Waals surface area contributed by atoms with E-state index in [0.717, 1.165) is 0 Å². The van der Waals surface area contributed by atoms with Crippen LogP contribution in [0.2, 0.25) is 10.0 Å². The van der Waals surface area contributed by atoms with Gasteiger partial charge in [-0.15, -0.1) is 6.42 Å². The van der Waals surface area contributed by atoms with Gasteiger partial charge in [0.2, 0.25) is 0 Å². The van der Waals surface area contributed by atoms with E-state index >= 15 is 0 Å². The van der Waals surface area contributed by atoms with Crippen molar-refractivity contribution in [3.05, 3.63) is 28.2 Å². The van der Waals surface area contributed by atoms with E-state index in [4.69, 9.17) is 34.4 Å². The van der Waals surface area contributed by atoms with E-state index in [2.05, 4.69) is 5.92 Å². The molecule has 0 aliphatic heterocycles. The maximum Gasteiger partial charge on any atom is 0.148 e. The van der Waals surface area contributed by atoms with E-state index in [-0.39, 0.29) is 6.61 Å². The van der Waals surface area contributed by atoms with Gasteiger partial charge in [0.05, 0.1) is 10.0 Å². The summed E-state index contributed by atoms with van der Waals surface area (Å²) in [5.41, 5.74) is 0. The van der Waals surface area contributed by atoms with Crippen LogP contribution in [0.1, 0.15) is 0 Å². The highest BCUT2D eigenvalue weighted by Crippen LogP contribution is 2.26. The van der Waals surface area contributed by atoms with Crippen LogP contribution in [0.3, 0.4) is 0 Å². The second kappa shape index (κ2) is 4.25. The Morgan fingerprint density at radius 1 is 1.33 bits per heavy atom. The lowest BCUT2D eigenvalue weighted by atomic mass is 10.3. The van der Waals surface area contributed by atoms with Crippen LogP contribution in [0.5, 0.6) is 5.75 Å². The molecule has 1 nitrogen and oxygen atoms in total. The fraction of sp³-hybridized carbons (Fsp3) is 0.111. The zero-order valence-corrected chi connectivity index (χ0v) is 7.69. The van der Waals surface area contributed by atoms with Gasteiger partial charge < -0.3 is 4.74 Å². The Morgan fingerprint density at radius 3 is 2.67 bits per heavy atom. The van der Waals surface area contributed by atoms with Crippen molar-refractivity contribution < 1.29 is 4.74 Å². The Kier molecular flexibility index (Phi) is 3.28. The minimum absolute atomic E-state index is 0.234. The van der Waals surface area contributed by atoms with Gasteiger partial charge in [-0.2, -0.15) is 0 Å². The molecule has 0 heterocycles. The normalized spacial score (nSPS) is 9.08. The Bertz CT molecular complexity index is 315. The minimum atomic E-state index is 0.234. The van der Waals surface area contributed by atoms with Crippen molar-refractivity contribution in [2.45, 2.75) is 0 Å². The molecule has 0 bridgehead atoms. The Hall–Kier alpha value is -0.840. The molecule has 1 aromatic rings. The van der Waals surface area contributed by atoms with Crippen molar-refractivity contribution in [1.82, 2.24) is 0 Å². The lowest BCUT2D eigenvalue weighted by Gasteiger charge is -2.02. The molecule has 0 fully saturated rings. The molecule has 0 unspecified atom stereocenters. The van der Waals surface area contributed by atoms with Gasteiger partial charge >= 0.3 is 0 Å². The second-order valence-corrected chi connectivity index (χ2v) is 2.88. The van der Waals surface area contributed by atoms with E-state index in [1.165, 1.54) is 0 Å². The molecule has 0 saturated heterocycles. The van der Waals surface area contributed by atoms with Crippen LogP contribution in [-0.2, 0) is 0 Å². The van der Waals surface area contributed by atoms with E-state index in [1.807, 2.05) is 0 Å². The largest absolute Gasteiger partial charge is 0.481 e. The first kappa shape index (κ1) is 9.25. The van der Waals surface area contributed by atoms with Crippen molar-refractivity contribution in [2.24, 2.45) is 0 Å². The maximum absolute atomic E-state index is 5.73. The summed E-state index contributed by atoms with van der Waals surface area (Å²) in [5, 5.41) is 0.968. The van der Waals surface area contributed by atoms with Gasteiger partial charge in [0.1, 0.15) is 12.4 Å². The minimum Gasteiger partial charge on any atom is -0.481 e. The van der Waals surface area contributed by atoms with Gasteiger partial charge in [0.25, 0.3) is 0 Å².